The Morgan fingerprint density at radius 1 is 1.26 bits per heavy atom. The number of aromatic nitrogens is 5. The van der Waals surface area contributed by atoms with Crippen LogP contribution in [0.4, 0.5) is 19.3 Å². The number of anilines is 1. The largest absolute Gasteiger partial charge is 0.444 e. The third-order valence-electron chi connectivity index (χ3n) is 6.45. The summed E-state index contributed by atoms with van der Waals surface area (Å²) in [5.74, 6) is -0.795. The number of hydrogen-bond acceptors (Lipinski definition) is 8. The zero-order valence-corrected chi connectivity index (χ0v) is 23.6. The van der Waals surface area contributed by atoms with Crippen molar-refractivity contribution in [2.75, 3.05) is 18.4 Å². The van der Waals surface area contributed by atoms with E-state index in [0.29, 0.717) is 12.1 Å². The number of aliphatic hydroxyl groups excluding tert-OH is 1. The number of carbonyl (C=O) groups excluding carboxylic acids is 2. The van der Waals surface area contributed by atoms with Crippen molar-refractivity contribution in [3.05, 3.63) is 59.6 Å². The molecule has 1 aliphatic heterocycles. The van der Waals surface area contributed by atoms with Gasteiger partial charge in [-0.2, -0.15) is 19.0 Å². The van der Waals surface area contributed by atoms with Crippen LogP contribution in [0.5, 0.6) is 5.75 Å². The highest BCUT2D eigenvalue weighted by atomic mass is 35.5. The minimum Gasteiger partial charge on any atom is -0.444 e. The number of aliphatic hydroxyl groups is 1. The molecule has 0 spiro atoms. The fourth-order valence-electron chi connectivity index (χ4n) is 4.64. The highest BCUT2D eigenvalue weighted by molar-refractivity contribution is 6.31. The van der Waals surface area contributed by atoms with E-state index in [1.165, 1.54) is 50.9 Å². The minimum atomic E-state index is -3.13. The van der Waals surface area contributed by atoms with Gasteiger partial charge in [-0.3, -0.25) is 9.48 Å². The summed E-state index contributed by atoms with van der Waals surface area (Å²) in [7, 11) is 0. The molecule has 2 N–H and O–H groups in total. The number of β-amino-alcohol motifs (C(OH)–C–C–N with tert-alkyl or cyclic N) is 1. The van der Waals surface area contributed by atoms with Crippen LogP contribution in [0.2, 0.25) is 5.02 Å². The van der Waals surface area contributed by atoms with Gasteiger partial charge in [-0.1, -0.05) is 11.6 Å². The van der Waals surface area contributed by atoms with Crippen molar-refractivity contribution in [3.8, 4) is 17.0 Å². The summed E-state index contributed by atoms with van der Waals surface area (Å²) in [4.78, 5) is 31.5. The smallest absolute Gasteiger partial charge is 0.410 e. The maximum Gasteiger partial charge on any atom is 0.410 e. The molecule has 0 saturated carbocycles. The summed E-state index contributed by atoms with van der Waals surface area (Å²) in [6, 6.07) is 5.09. The molecule has 42 heavy (non-hydrogen) atoms. The number of benzene rings is 1. The van der Waals surface area contributed by atoms with Gasteiger partial charge in [0.1, 0.15) is 22.6 Å². The fourth-order valence-corrected chi connectivity index (χ4v) is 4.81. The van der Waals surface area contributed by atoms with Gasteiger partial charge in [0.25, 0.3) is 5.91 Å². The summed E-state index contributed by atoms with van der Waals surface area (Å²) < 4.78 is 39.5. The Morgan fingerprint density at radius 2 is 2.05 bits per heavy atom. The Labute approximate surface area is 243 Å². The van der Waals surface area contributed by atoms with Gasteiger partial charge in [-0.05, 0) is 51.5 Å². The second-order valence-electron chi connectivity index (χ2n) is 10.6. The predicted molar refractivity (Wildman–Crippen MR) is 148 cm³/mol. The first-order valence-corrected chi connectivity index (χ1v) is 13.4. The van der Waals surface area contributed by atoms with Gasteiger partial charge in [0, 0.05) is 35.7 Å². The first kappa shape index (κ1) is 29.2. The van der Waals surface area contributed by atoms with Crippen LogP contribution in [0.3, 0.4) is 0 Å². The van der Waals surface area contributed by atoms with Gasteiger partial charge in [-0.15, -0.1) is 0 Å². The van der Waals surface area contributed by atoms with Crippen LogP contribution in [-0.4, -0.2) is 77.8 Å². The van der Waals surface area contributed by atoms with Crippen LogP contribution in [-0.2, 0) is 4.74 Å². The minimum absolute atomic E-state index is 0.0263. The molecular formula is C27H28ClF2N7O5. The quantitative estimate of drug-likeness (QED) is 0.325. The molecule has 0 aliphatic carbocycles. The number of piperidine rings is 1. The van der Waals surface area contributed by atoms with Crippen LogP contribution in [0.15, 0.2) is 49.1 Å². The lowest BCUT2D eigenvalue weighted by Gasteiger charge is -2.36. The summed E-state index contributed by atoms with van der Waals surface area (Å²) in [6.07, 6.45) is 4.67. The lowest BCUT2D eigenvalue weighted by atomic mass is 10.0. The number of nitrogens with zero attached hydrogens (tertiary/aromatic N) is 6. The van der Waals surface area contributed by atoms with Gasteiger partial charge in [0.05, 0.1) is 30.6 Å². The molecule has 3 aromatic heterocycles. The molecule has 2 amide bonds. The number of alkyl halides is 2. The van der Waals surface area contributed by atoms with Gasteiger partial charge in [-0.25, -0.2) is 14.3 Å². The maximum absolute atomic E-state index is 13.4. The van der Waals surface area contributed by atoms with Crippen molar-refractivity contribution in [2.24, 2.45) is 0 Å². The second-order valence-corrected chi connectivity index (χ2v) is 11.1. The van der Waals surface area contributed by atoms with E-state index in [2.05, 4.69) is 20.5 Å². The Hall–Kier alpha value is -4.30. The molecule has 1 aromatic carbocycles. The van der Waals surface area contributed by atoms with E-state index in [1.807, 2.05) is 0 Å². The van der Waals surface area contributed by atoms with E-state index in [-0.39, 0.29) is 46.4 Å². The molecule has 1 fully saturated rings. The lowest BCUT2D eigenvalue weighted by molar-refractivity contribution is -0.0494. The Balaban J connectivity index is 1.50. The average molecular weight is 604 g/mol. The Bertz CT molecular complexity index is 1620. The molecular weight excluding hydrogens is 576 g/mol. The number of likely N-dealkylation sites (tertiary alicyclic amines) is 1. The van der Waals surface area contributed by atoms with Crippen molar-refractivity contribution in [2.45, 2.75) is 51.6 Å². The van der Waals surface area contributed by atoms with Crippen molar-refractivity contribution in [3.63, 3.8) is 0 Å². The SMILES string of the molecule is CC(C)(C)OC(=O)N1CCC(n2cc(NC(=O)c3cnn4cccnc34)c(-c3cc(Cl)ccc3OC(F)F)n2)C(O)C1. The standard InChI is InChI=1S/C27H28ClF2N7O5/c1-27(2,3)42-26(40)35-10-7-19(20(38)14-35)37-13-18(33-24(39)17-12-32-36-9-4-8-31-23(17)36)22(34-37)16-11-15(28)5-6-21(16)41-25(29)30/h4-6,8-9,11-13,19-20,25,38H,7,10,14H2,1-3H3,(H,33,39). The first-order chi connectivity index (χ1) is 19.9. The van der Waals surface area contributed by atoms with Gasteiger partial charge < -0.3 is 24.8 Å². The van der Waals surface area contributed by atoms with Gasteiger partial charge in [0.2, 0.25) is 0 Å². The van der Waals surface area contributed by atoms with E-state index < -0.39 is 36.4 Å². The number of halogens is 3. The zero-order valence-electron chi connectivity index (χ0n) is 22.9. The molecule has 5 rings (SSSR count). The summed E-state index contributed by atoms with van der Waals surface area (Å²) in [6.45, 7) is 2.36. The molecule has 2 atom stereocenters. The van der Waals surface area contributed by atoms with Crippen molar-refractivity contribution in [1.82, 2.24) is 29.3 Å². The lowest BCUT2D eigenvalue weighted by Crippen LogP contribution is -2.48. The molecule has 4 heterocycles. The Morgan fingerprint density at radius 3 is 2.76 bits per heavy atom. The van der Waals surface area contributed by atoms with Crippen molar-refractivity contribution in [1.29, 1.82) is 0 Å². The van der Waals surface area contributed by atoms with E-state index in [4.69, 9.17) is 21.1 Å². The number of ether oxygens (including phenoxy) is 2. The number of amides is 2. The molecule has 15 heteroatoms. The molecule has 222 valence electrons. The van der Waals surface area contributed by atoms with Crippen LogP contribution >= 0.6 is 11.6 Å². The average Bonchev–Trinajstić information content (AvgIpc) is 3.53. The normalized spacial score (nSPS) is 17.5. The summed E-state index contributed by atoms with van der Waals surface area (Å²) in [5, 5.41) is 22.7. The molecule has 12 nitrogen and oxygen atoms in total. The molecule has 1 saturated heterocycles. The molecule has 0 bridgehead atoms. The number of hydrogen-bond donors (Lipinski definition) is 2. The highest BCUT2D eigenvalue weighted by Crippen LogP contribution is 2.38. The molecule has 0 radical (unpaired) electrons. The van der Waals surface area contributed by atoms with Crippen LogP contribution in [0.1, 0.15) is 43.6 Å². The van der Waals surface area contributed by atoms with Gasteiger partial charge >= 0.3 is 12.7 Å². The third kappa shape index (κ3) is 6.29. The van der Waals surface area contributed by atoms with Crippen LogP contribution < -0.4 is 10.1 Å². The van der Waals surface area contributed by atoms with E-state index in [9.17, 15) is 23.5 Å². The monoisotopic (exact) mass is 603 g/mol. The van der Waals surface area contributed by atoms with Crippen LogP contribution in [0, 0.1) is 0 Å². The number of rotatable bonds is 6. The zero-order chi connectivity index (χ0) is 30.2. The van der Waals surface area contributed by atoms with Crippen molar-refractivity contribution < 1.29 is 33.0 Å². The van der Waals surface area contributed by atoms with E-state index >= 15 is 0 Å². The number of fused-ring (bicyclic) bond motifs is 1. The summed E-state index contributed by atoms with van der Waals surface area (Å²) >= 11 is 6.20. The molecule has 1 aliphatic rings. The van der Waals surface area contributed by atoms with Gasteiger partial charge in [0.15, 0.2) is 5.65 Å². The summed E-state index contributed by atoms with van der Waals surface area (Å²) in [5.41, 5.74) is 0.0733. The molecule has 4 aromatic rings. The third-order valence-corrected chi connectivity index (χ3v) is 6.69. The predicted octanol–water partition coefficient (Wildman–Crippen LogP) is 4.64. The van der Waals surface area contributed by atoms with Crippen molar-refractivity contribution >= 4 is 34.9 Å². The Kier molecular flexibility index (Phi) is 8.01. The highest BCUT2D eigenvalue weighted by Gasteiger charge is 2.35. The number of carbonyl (C=O) groups is 2. The number of nitrogens with one attached hydrogen (secondary N) is 1. The molecule has 2 unspecified atom stereocenters. The topological polar surface area (TPSA) is 136 Å². The van der Waals surface area contributed by atoms with E-state index in [0.717, 1.165) is 0 Å². The first-order valence-electron chi connectivity index (χ1n) is 13.0. The van der Waals surface area contributed by atoms with E-state index in [1.54, 1.807) is 33.0 Å². The van der Waals surface area contributed by atoms with Crippen LogP contribution in [0.25, 0.3) is 16.9 Å². The fraction of sp³-hybridized carbons (Fsp3) is 0.370. The second kappa shape index (κ2) is 11.5. The maximum atomic E-state index is 13.4.